The quantitative estimate of drug-likeness (QED) is 0.117. The number of aromatic nitrogens is 14. The Kier molecular flexibility index (Phi) is 13.8. The summed E-state index contributed by atoms with van der Waals surface area (Å²) < 4.78 is 7.39. The molecule has 396 valence electrons. The van der Waals surface area contributed by atoms with Crippen molar-refractivity contribution in [2.75, 3.05) is 11.5 Å². The summed E-state index contributed by atoms with van der Waals surface area (Å²) in [6.45, 7) is 1.16. The van der Waals surface area contributed by atoms with Gasteiger partial charge in [0.05, 0.1) is 59.0 Å². The SMILES string of the molecule is Nc1ncnc2c1c(-c1ccc(Cl)cc1)nn2-c1cccc(-c2cnnn2Cc2cccc(-c3ccccc3)c2)c1.Nc1ncnc2c1c(-c1ccc(Cl)cc1)nn2-c1cccc(-c2cnnn2Cc2cccc(-c3ccccc3)c2)c1. The molecule has 0 radical (unpaired) electrons. The van der Waals surface area contributed by atoms with Gasteiger partial charge in [-0.1, -0.05) is 179 Å². The van der Waals surface area contributed by atoms with E-state index in [0.29, 0.717) is 68.2 Å². The maximum absolute atomic E-state index is 6.31. The molecule has 0 aliphatic heterocycles. The number of halogens is 2. The molecule has 16 nitrogen and oxygen atoms in total. The molecule has 82 heavy (non-hydrogen) atoms. The Labute approximate surface area is 479 Å². The monoisotopic (exact) mass is 1110 g/mol. The first-order chi connectivity index (χ1) is 40.3. The van der Waals surface area contributed by atoms with Crippen LogP contribution >= 0.6 is 23.2 Å². The van der Waals surface area contributed by atoms with Gasteiger partial charge in [-0.2, -0.15) is 10.2 Å². The molecule has 0 aliphatic carbocycles. The Morgan fingerprint density at radius 2 is 0.756 bits per heavy atom. The molecule has 0 bridgehead atoms. The van der Waals surface area contributed by atoms with E-state index in [0.717, 1.165) is 67.3 Å². The van der Waals surface area contributed by atoms with E-state index in [1.165, 1.54) is 23.8 Å². The molecule has 0 unspecified atom stereocenters. The van der Waals surface area contributed by atoms with Gasteiger partial charge in [-0.3, -0.25) is 0 Å². The lowest BCUT2D eigenvalue weighted by molar-refractivity contribution is 0.655. The topological polar surface area (TPSA) is 201 Å². The van der Waals surface area contributed by atoms with E-state index in [9.17, 15) is 0 Å². The smallest absolute Gasteiger partial charge is 0.169 e. The summed E-state index contributed by atoms with van der Waals surface area (Å²) >= 11 is 12.3. The van der Waals surface area contributed by atoms with Crippen molar-refractivity contribution in [3.05, 3.63) is 252 Å². The first kappa shape index (κ1) is 50.8. The predicted octanol–water partition coefficient (Wildman–Crippen LogP) is 13.4. The van der Waals surface area contributed by atoms with Crippen LogP contribution in [0.5, 0.6) is 0 Å². The average Bonchev–Trinajstić information content (AvgIpc) is 4.50. The van der Waals surface area contributed by atoms with Crippen molar-refractivity contribution in [2.45, 2.75) is 13.1 Å². The molecule has 6 heterocycles. The molecule has 14 rings (SSSR count). The lowest BCUT2D eigenvalue weighted by Gasteiger charge is -2.10. The van der Waals surface area contributed by atoms with Gasteiger partial charge in [0.15, 0.2) is 11.3 Å². The molecule has 14 aromatic rings. The van der Waals surface area contributed by atoms with Gasteiger partial charge in [0.2, 0.25) is 0 Å². The van der Waals surface area contributed by atoms with Crippen LogP contribution in [0.4, 0.5) is 11.6 Å². The highest BCUT2D eigenvalue weighted by Crippen LogP contribution is 2.36. The van der Waals surface area contributed by atoms with Crippen molar-refractivity contribution in [2.24, 2.45) is 0 Å². The number of anilines is 2. The minimum Gasteiger partial charge on any atom is -0.383 e. The van der Waals surface area contributed by atoms with Crippen LogP contribution in [-0.4, -0.2) is 69.5 Å². The fraction of sp³-hybridized carbons (Fsp3) is 0.0312. The molecule has 6 aromatic heterocycles. The maximum atomic E-state index is 6.31. The van der Waals surface area contributed by atoms with Gasteiger partial charge in [0.25, 0.3) is 0 Å². The molecule has 8 aromatic carbocycles. The van der Waals surface area contributed by atoms with Gasteiger partial charge in [0.1, 0.15) is 35.7 Å². The fourth-order valence-corrected chi connectivity index (χ4v) is 10.3. The van der Waals surface area contributed by atoms with Gasteiger partial charge >= 0.3 is 0 Å². The Morgan fingerprint density at radius 3 is 1.18 bits per heavy atom. The number of nitrogens with two attached hydrogens (primary N) is 2. The van der Waals surface area contributed by atoms with E-state index in [1.807, 2.05) is 143 Å². The molecule has 0 saturated heterocycles. The second-order valence-electron chi connectivity index (χ2n) is 19.2. The molecular weight excluding hydrogens is 1060 g/mol. The summed E-state index contributed by atoms with van der Waals surface area (Å²) in [4.78, 5) is 17.5. The number of benzene rings is 8. The summed E-state index contributed by atoms with van der Waals surface area (Å²) in [5.41, 5.74) is 29.2. The van der Waals surface area contributed by atoms with Crippen LogP contribution < -0.4 is 11.5 Å². The third-order valence-corrected chi connectivity index (χ3v) is 14.5. The summed E-state index contributed by atoms with van der Waals surface area (Å²) in [6, 6.07) is 68.7. The zero-order valence-corrected chi connectivity index (χ0v) is 45.0. The Bertz CT molecular complexity index is 4280. The minimum absolute atomic E-state index is 0.363. The molecule has 0 aliphatic rings. The van der Waals surface area contributed by atoms with E-state index < -0.39 is 0 Å². The molecule has 0 spiro atoms. The highest BCUT2D eigenvalue weighted by atomic mass is 35.5. The highest BCUT2D eigenvalue weighted by Gasteiger charge is 2.21. The zero-order chi connectivity index (χ0) is 55.5. The van der Waals surface area contributed by atoms with Crippen molar-refractivity contribution in [3.63, 3.8) is 0 Å². The number of hydrogen-bond donors (Lipinski definition) is 2. The molecule has 0 fully saturated rings. The summed E-state index contributed by atoms with van der Waals surface area (Å²) in [5.74, 6) is 0.727. The number of fused-ring (bicyclic) bond motifs is 2. The molecule has 0 saturated carbocycles. The molecule has 18 heteroatoms. The zero-order valence-electron chi connectivity index (χ0n) is 43.5. The number of nitrogen functional groups attached to an aromatic ring is 2. The van der Waals surface area contributed by atoms with Crippen molar-refractivity contribution < 1.29 is 0 Å². The molecule has 0 atom stereocenters. The van der Waals surface area contributed by atoms with Crippen LogP contribution in [0.1, 0.15) is 11.1 Å². The first-order valence-corrected chi connectivity index (χ1v) is 26.8. The Hall–Kier alpha value is -10.7. The van der Waals surface area contributed by atoms with Gasteiger partial charge in [-0.05, 0) is 94.0 Å². The third kappa shape index (κ3) is 10.3. The largest absolute Gasteiger partial charge is 0.383 e. The van der Waals surface area contributed by atoms with Crippen molar-refractivity contribution in [1.29, 1.82) is 0 Å². The standard InChI is InChI=1S/2C32H23ClN8/c2*33-26-14-12-23(13-15-26)30-29-31(34)35-20-36-32(29)41(38-30)27-11-5-10-25(17-27)28-18-37-39-40(28)19-21-6-4-9-24(16-21)22-7-2-1-3-8-22/h2*1-18,20H,19H2,(H2,34,35,36). The Balaban J connectivity index is 0.000000154. The lowest BCUT2D eigenvalue weighted by Crippen LogP contribution is -2.05. The van der Waals surface area contributed by atoms with Crippen LogP contribution in [0.2, 0.25) is 10.0 Å². The average molecular weight is 1110 g/mol. The third-order valence-electron chi connectivity index (χ3n) is 14.0. The summed E-state index contributed by atoms with van der Waals surface area (Å²) in [5, 5.41) is 29.8. The van der Waals surface area contributed by atoms with Crippen LogP contribution in [0, 0.1) is 0 Å². The van der Waals surface area contributed by atoms with Crippen molar-refractivity contribution in [1.82, 2.24) is 69.5 Å². The fourth-order valence-electron chi connectivity index (χ4n) is 10.0. The number of hydrogen-bond acceptors (Lipinski definition) is 12. The summed E-state index contributed by atoms with van der Waals surface area (Å²) in [6.07, 6.45) is 6.46. The number of rotatable bonds is 12. The van der Waals surface area contributed by atoms with E-state index in [2.05, 4.69) is 113 Å². The second kappa shape index (κ2) is 22.2. The van der Waals surface area contributed by atoms with Crippen LogP contribution in [0.25, 0.3) is 101 Å². The van der Waals surface area contributed by atoms with Crippen molar-refractivity contribution in [3.8, 4) is 78.7 Å². The minimum atomic E-state index is 0.363. The van der Waals surface area contributed by atoms with Crippen LogP contribution in [0.15, 0.2) is 231 Å². The van der Waals surface area contributed by atoms with E-state index in [-0.39, 0.29) is 0 Å². The van der Waals surface area contributed by atoms with Gasteiger partial charge in [0, 0.05) is 32.3 Å². The van der Waals surface area contributed by atoms with Crippen molar-refractivity contribution >= 4 is 56.9 Å². The maximum Gasteiger partial charge on any atom is 0.169 e. The van der Waals surface area contributed by atoms with Crippen LogP contribution in [-0.2, 0) is 13.1 Å². The van der Waals surface area contributed by atoms with E-state index in [4.69, 9.17) is 44.9 Å². The Morgan fingerprint density at radius 1 is 0.366 bits per heavy atom. The van der Waals surface area contributed by atoms with Gasteiger partial charge < -0.3 is 11.5 Å². The normalized spacial score (nSPS) is 11.2. The van der Waals surface area contributed by atoms with Gasteiger partial charge in [-0.25, -0.2) is 38.7 Å². The highest BCUT2D eigenvalue weighted by molar-refractivity contribution is 6.31. The second-order valence-corrected chi connectivity index (χ2v) is 20.1. The molecule has 4 N–H and O–H groups in total. The molecular formula is C64H46Cl2N16. The lowest BCUT2D eigenvalue weighted by atomic mass is 10.0. The van der Waals surface area contributed by atoms with Gasteiger partial charge in [-0.15, -0.1) is 10.2 Å². The predicted molar refractivity (Wildman–Crippen MR) is 323 cm³/mol. The molecule has 0 amide bonds. The first-order valence-electron chi connectivity index (χ1n) is 26.1. The van der Waals surface area contributed by atoms with E-state index >= 15 is 0 Å². The van der Waals surface area contributed by atoms with E-state index in [1.54, 1.807) is 21.8 Å². The van der Waals surface area contributed by atoms with Crippen LogP contribution in [0.3, 0.4) is 0 Å². The number of nitrogens with zero attached hydrogens (tertiary/aromatic N) is 14. The summed E-state index contributed by atoms with van der Waals surface area (Å²) in [7, 11) is 0.